The fourth-order valence-corrected chi connectivity index (χ4v) is 4.90. The Labute approximate surface area is 109 Å². The van der Waals surface area contributed by atoms with E-state index in [1.54, 1.807) is 11.8 Å². The topological polar surface area (TPSA) is 26.0 Å². The van der Waals surface area contributed by atoms with E-state index < -0.39 is 17.7 Å². The highest BCUT2D eigenvalue weighted by Crippen LogP contribution is 2.38. The molecule has 0 amide bonds. The molecule has 5 heteroatoms. The van der Waals surface area contributed by atoms with Gasteiger partial charge in [0.2, 0.25) is 0 Å². The molecule has 17 heavy (non-hydrogen) atoms. The van der Waals surface area contributed by atoms with Crippen LogP contribution in [-0.2, 0) is 0 Å². The molecule has 0 saturated carbocycles. The van der Waals surface area contributed by atoms with Gasteiger partial charge in [-0.15, -0.1) is 0 Å². The van der Waals surface area contributed by atoms with Crippen LogP contribution in [0.5, 0.6) is 0 Å². The van der Waals surface area contributed by atoms with Crippen molar-refractivity contribution in [2.75, 3.05) is 11.5 Å². The highest BCUT2D eigenvalue weighted by atomic mass is 32.2. The molecule has 1 nitrogen and oxygen atoms in total. The summed E-state index contributed by atoms with van der Waals surface area (Å²) in [5, 5.41) is 0.392. The summed E-state index contributed by atoms with van der Waals surface area (Å²) in [5.74, 6) is 0.986. The van der Waals surface area contributed by atoms with Crippen molar-refractivity contribution in [1.82, 2.24) is 0 Å². The van der Waals surface area contributed by atoms with E-state index in [4.69, 9.17) is 5.73 Å². The fourth-order valence-electron chi connectivity index (χ4n) is 2.04. The Morgan fingerprint density at radius 1 is 1.24 bits per heavy atom. The molecule has 1 aliphatic heterocycles. The van der Waals surface area contributed by atoms with Gasteiger partial charge in [0, 0.05) is 33.6 Å². The molecule has 94 valence electrons. The van der Waals surface area contributed by atoms with E-state index in [1.807, 2.05) is 11.8 Å². The molecule has 0 aromatic heterocycles. The zero-order valence-corrected chi connectivity index (χ0v) is 11.2. The van der Waals surface area contributed by atoms with Crippen molar-refractivity contribution in [2.45, 2.75) is 23.5 Å². The molecule has 2 N–H and O–H groups in total. The van der Waals surface area contributed by atoms with Gasteiger partial charge in [0.15, 0.2) is 0 Å². The quantitative estimate of drug-likeness (QED) is 0.897. The molecular weight excluding hydrogens is 260 g/mol. The van der Waals surface area contributed by atoms with Gasteiger partial charge in [-0.2, -0.15) is 23.5 Å². The highest BCUT2D eigenvalue weighted by Gasteiger charge is 2.31. The van der Waals surface area contributed by atoms with Crippen LogP contribution in [0.2, 0.25) is 0 Å². The Morgan fingerprint density at radius 2 is 1.82 bits per heavy atom. The van der Waals surface area contributed by atoms with E-state index in [9.17, 15) is 8.78 Å². The van der Waals surface area contributed by atoms with Crippen LogP contribution in [0.4, 0.5) is 8.78 Å². The van der Waals surface area contributed by atoms with Crippen LogP contribution in [0.3, 0.4) is 0 Å². The molecule has 3 atom stereocenters. The van der Waals surface area contributed by atoms with Crippen molar-refractivity contribution < 1.29 is 8.78 Å². The molecule has 0 spiro atoms. The smallest absolute Gasteiger partial charge is 0.130 e. The van der Waals surface area contributed by atoms with Gasteiger partial charge in [0.1, 0.15) is 11.6 Å². The maximum Gasteiger partial charge on any atom is 0.130 e. The molecule has 1 aromatic carbocycles. The van der Waals surface area contributed by atoms with Crippen LogP contribution in [0.25, 0.3) is 0 Å². The molecule has 3 unspecified atom stereocenters. The summed E-state index contributed by atoms with van der Waals surface area (Å²) < 4.78 is 27.3. The molecule has 1 heterocycles. The van der Waals surface area contributed by atoms with Gasteiger partial charge in [-0.3, -0.25) is 0 Å². The molecule has 0 aliphatic carbocycles. The first kappa shape index (κ1) is 13.2. The predicted molar refractivity (Wildman–Crippen MR) is 71.5 cm³/mol. The molecule has 0 bridgehead atoms. The largest absolute Gasteiger partial charge is 0.323 e. The van der Waals surface area contributed by atoms with Crippen LogP contribution < -0.4 is 5.73 Å². The molecular formula is C12H15F2NS2. The number of hydrogen-bond acceptors (Lipinski definition) is 3. The van der Waals surface area contributed by atoms with Crippen molar-refractivity contribution in [1.29, 1.82) is 0 Å². The first-order valence-corrected chi connectivity index (χ1v) is 7.63. The Balaban J connectivity index is 2.26. The van der Waals surface area contributed by atoms with Gasteiger partial charge in [-0.1, -0.05) is 13.0 Å². The summed E-state index contributed by atoms with van der Waals surface area (Å²) in [4.78, 5) is 0. The van der Waals surface area contributed by atoms with Crippen molar-refractivity contribution in [2.24, 2.45) is 5.73 Å². The minimum absolute atomic E-state index is 0.0272. The number of halogens is 2. The first-order valence-electron chi connectivity index (χ1n) is 5.54. The highest BCUT2D eigenvalue weighted by molar-refractivity contribution is 8.07. The van der Waals surface area contributed by atoms with Crippen LogP contribution in [0.15, 0.2) is 18.2 Å². The number of benzene rings is 1. The standard InChI is InChI=1S/C12H15F2NS2/c1-7-12(17-6-5-16-7)11(15)10-8(13)3-2-4-9(10)14/h2-4,7,11-12H,5-6,15H2,1H3. The van der Waals surface area contributed by atoms with Gasteiger partial charge >= 0.3 is 0 Å². The maximum absolute atomic E-state index is 13.6. The summed E-state index contributed by atoms with van der Waals surface area (Å²) >= 11 is 3.53. The minimum Gasteiger partial charge on any atom is -0.323 e. The lowest BCUT2D eigenvalue weighted by molar-refractivity contribution is 0.516. The van der Waals surface area contributed by atoms with E-state index in [1.165, 1.54) is 18.2 Å². The van der Waals surface area contributed by atoms with Crippen molar-refractivity contribution in [3.63, 3.8) is 0 Å². The Kier molecular flexibility index (Phi) is 4.33. The van der Waals surface area contributed by atoms with E-state index in [-0.39, 0.29) is 10.8 Å². The average Bonchev–Trinajstić information content (AvgIpc) is 2.29. The molecule has 2 rings (SSSR count). The summed E-state index contributed by atoms with van der Waals surface area (Å²) in [6.07, 6.45) is 0. The monoisotopic (exact) mass is 275 g/mol. The first-order chi connectivity index (χ1) is 8.11. The van der Waals surface area contributed by atoms with E-state index in [2.05, 4.69) is 6.92 Å². The van der Waals surface area contributed by atoms with Crippen molar-refractivity contribution in [3.8, 4) is 0 Å². The third kappa shape index (κ3) is 2.77. The van der Waals surface area contributed by atoms with E-state index in [0.717, 1.165) is 11.5 Å². The number of thioether (sulfide) groups is 2. The fraction of sp³-hybridized carbons (Fsp3) is 0.500. The second-order valence-electron chi connectivity index (χ2n) is 4.07. The van der Waals surface area contributed by atoms with Crippen LogP contribution in [0.1, 0.15) is 18.5 Å². The van der Waals surface area contributed by atoms with Crippen molar-refractivity contribution >= 4 is 23.5 Å². The average molecular weight is 275 g/mol. The molecule has 1 fully saturated rings. The van der Waals surface area contributed by atoms with Gasteiger partial charge in [0.05, 0.1) is 0 Å². The molecule has 0 radical (unpaired) electrons. The van der Waals surface area contributed by atoms with Crippen LogP contribution >= 0.6 is 23.5 Å². The SMILES string of the molecule is CC1SCCSC1C(N)c1c(F)cccc1F. The number of hydrogen-bond donors (Lipinski definition) is 1. The third-order valence-corrected chi connectivity index (χ3v) is 6.14. The molecule has 1 aliphatic rings. The van der Waals surface area contributed by atoms with Crippen LogP contribution in [0, 0.1) is 11.6 Å². The van der Waals surface area contributed by atoms with E-state index >= 15 is 0 Å². The number of nitrogens with two attached hydrogens (primary N) is 1. The Morgan fingerprint density at radius 3 is 2.41 bits per heavy atom. The third-order valence-electron chi connectivity index (χ3n) is 2.92. The van der Waals surface area contributed by atoms with Gasteiger partial charge in [-0.05, 0) is 12.1 Å². The lowest BCUT2D eigenvalue weighted by Gasteiger charge is -2.32. The normalized spacial score (nSPS) is 26.8. The van der Waals surface area contributed by atoms with Gasteiger partial charge < -0.3 is 5.73 Å². The lowest BCUT2D eigenvalue weighted by Crippen LogP contribution is -2.35. The number of rotatable bonds is 2. The summed E-state index contributed by atoms with van der Waals surface area (Å²) in [5.41, 5.74) is 6.07. The second kappa shape index (κ2) is 5.59. The minimum atomic E-state index is -0.580. The summed E-state index contributed by atoms with van der Waals surface area (Å²) in [7, 11) is 0. The summed E-state index contributed by atoms with van der Waals surface area (Å²) in [6.45, 7) is 2.07. The molecule has 1 saturated heterocycles. The van der Waals surface area contributed by atoms with E-state index in [0.29, 0.717) is 5.25 Å². The lowest BCUT2D eigenvalue weighted by atomic mass is 10.0. The summed E-state index contributed by atoms with van der Waals surface area (Å²) in [6, 6.07) is 3.32. The Hall–Kier alpha value is -0.260. The maximum atomic E-state index is 13.6. The molecule has 1 aromatic rings. The predicted octanol–water partition coefficient (Wildman–Crippen LogP) is 3.20. The van der Waals surface area contributed by atoms with Gasteiger partial charge in [-0.25, -0.2) is 8.78 Å². The van der Waals surface area contributed by atoms with Crippen LogP contribution in [-0.4, -0.2) is 22.0 Å². The second-order valence-corrected chi connectivity index (χ2v) is 6.84. The van der Waals surface area contributed by atoms with Crippen molar-refractivity contribution in [3.05, 3.63) is 35.4 Å². The zero-order chi connectivity index (χ0) is 12.4. The zero-order valence-electron chi connectivity index (χ0n) is 9.53. The van der Waals surface area contributed by atoms with Gasteiger partial charge in [0.25, 0.3) is 0 Å². The Bertz CT molecular complexity index is 380.